The molecule has 1 aliphatic rings. The predicted octanol–water partition coefficient (Wildman–Crippen LogP) is 1.07. The number of phenols is 1. The zero-order chi connectivity index (χ0) is 18.8. The topological polar surface area (TPSA) is 95.8 Å². The van der Waals surface area contributed by atoms with Crippen LogP contribution in [-0.2, 0) is 4.74 Å². The minimum absolute atomic E-state index is 0.0514. The molecule has 1 fully saturated rings. The van der Waals surface area contributed by atoms with Crippen molar-refractivity contribution < 1.29 is 24.0 Å². The molecule has 2 heterocycles. The molecule has 0 spiro atoms. The minimum Gasteiger partial charge on any atom is -0.617 e. The Morgan fingerprint density at radius 2 is 1.67 bits per heavy atom. The Hall–Kier alpha value is -2.84. The third kappa shape index (κ3) is 3.29. The predicted molar refractivity (Wildman–Crippen MR) is 98.4 cm³/mol. The molecule has 0 aliphatic carbocycles. The molecule has 3 aromatic rings. The van der Waals surface area contributed by atoms with Gasteiger partial charge in [0.2, 0.25) is 0 Å². The van der Waals surface area contributed by atoms with Crippen LogP contribution in [0, 0.1) is 10.4 Å². The van der Waals surface area contributed by atoms with Crippen LogP contribution in [0.5, 0.6) is 11.5 Å². The van der Waals surface area contributed by atoms with Gasteiger partial charge in [-0.3, -0.25) is 4.90 Å². The van der Waals surface area contributed by atoms with Crippen molar-refractivity contribution in [3.05, 3.63) is 46.8 Å². The number of hydrogen-bond donors (Lipinski definition) is 1. The van der Waals surface area contributed by atoms with Crippen molar-refractivity contribution >= 4 is 22.1 Å². The quantitative estimate of drug-likeness (QED) is 0.312. The van der Waals surface area contributed by atoms with Crippen LogP contribution in [-0.4, -0.2) is 49.5 Å². The second-order valence-corrected chi connectivity index (χ2v) is 6.51. The summed E-state index contributed by atoms with van der Waals surface area (Å²) in [5.74, 6) is 0.130. The molecule has 0 radical (unpaired) electrons. The monoisotopic (exact) mass is 371 g/mol. The highest BCUT2D eigenvalue weighted by Gasteiger charge is 2.27. The smallest absolute Gasteiger partial charge is 0.332 e. The fourth-order valence-electron chi connectivity index (χ4n) is 3.42. The highest BCUT2D eigenvalue weighted by molar-refractivity contribution is 5.83. The summed E-state index contributed by atoms with van der Waals surface area (Å²) in [5.41, 5.74) is 0.369. The molecule has 8 nitrogen and oxygen atoms in total. The van der Waals surface area contributed by atoms with Gasteiger partial charge < -0.3 is 25.0 Å². The number of hydrogen-bond acceptors (Lipinski definition) is 6. The molecule has 1 N–H and O–H groups in total. The summed E-state index contributed by atoms with van der Waals surface area (Å²) in [7, 11) is 0. The maximum absolute atomic E-state index is 12.8. The Bertz CT molecular complexity index is 973. The van der Waals surface area contributed by atoms with E-state index < -0.39 is 0 Å². The zero-order valence-corrected chi connectivity index (χ0v) is 14.8. The lowest BCUT2D eigenvalue weighted by atomic mass is 10.2. The van der Waals surface area contributed by atoms with Crippen LogP contribution in [0.25, 0.3) is 22.1 Å². The van der Waals surface area contributed by atoms with Crippen LogP contribution in [0.1, 0.15) is 6.42 Å². The molecule has 0 unspecified atom stereocenters. The van der Waals surface area contributed by atoms with Crippen LogP contribution in [0.3, 0.4) is 0 Å². The maximum Gasteiger partial charge on any atom is 0.332 e. The third-order valence-corrected chi connectivity index (χ3v) is 4.79. The molecule has 0 bridgehead atoms. The number of fused-ring (bicyclic) bond motifs is 2. The first-order valence-electron chi connectivity index (χ1n) is 8.99. The van der Waals surface area contributed by atoms with Crippen LogP contribution in [0.2, 0.25) is 0 Å². The summed E-state index contributed by atoms with van der Waals surface area (Å²) in [6.07, 6.45) is 0.807. The molecule has 1 aromatic heterocycles. The van der Waals surface area contributed by atoms with Gasteiger partial charge in [-0.05, 0) is 18.6 Å². The number of aromatic hydroxyl groups is 1. The third-order valence-electron chi connectivity index (χ3n) is 4.79. The first-order chi connectivity index (χ1) is 13.2. The molecule has 1 saturated heterocycles. The van der Waals surface area contributed by atoms with Crippen LogP contribution in [0.15, 0.2) is 36.4 Å². The van der Waals surface area contributed by atoms with Gasteiger partial charge in [0.05, 0.1) is 19.8 Å². The summed E-state index contributed by atoms with van der Waals surface area (Å²) in [6.45, 7) is 4.67. The van der Waals surface area contributed by atoms with E-state index in [1.807, 2.05) is 0 Å². The van der Waals surface area contributed by atoms with Gasteiger partial charge in [0, 0.05) is 31.8 Å². The number of nitrogens with zero attached hydrogens (tertiary/aromatic N) is 3. The first-order valence-corrected chi connectivity index (χ1v) is 8.99. The van der Waals surface area contributed by atoms with Gasteiger partial charge in [0.25, 0.3) is 11.0 Å². The lowest BCUT2D eigenvalue weighted by Crippen LogP contribution is -2.39. The number of ether oxygens (including phenoxy) is 2. The normalized spacial score (nSPS) is 15.4. The van der Waals surface area contributed by atoms with Crippen molar-refractivity contribution in [3.8, 4) is 11.5 Å². The van der Waals surface area contributed by atoms with E-state index in [2.05, 4.69) is 4.90 Å². The van der Waals surface area contributed by atoms with E-state index >= 15 is 0 Å². The number of aromatic nitrogens is 2. The van der Waals surface area contributed by atoms with Crippen molar-refractivity contribution in [1.29, 1.82) is 0 Å². The lowest BCUT2D eigenvalue weighted by molar-refractivity contribution is -0.591. The largest absolute Gasteiger partial charge is 0.617 e. The molecule has 27 heavy (non-hydrogen) atoms. The molecule has 4 rings (SSSR count). The Morgan fingerprint density at radius 1 is 1.00 bits per heavy atom. The van der Waals surface area contributed by atoms with Crippen molar-refractivity contribution in [3.63, 3.8) is 0 Å². The van der Waals surface area contributed by atoms with Crippen LogP contribution >= 0.6 is 0 Å². The van der Waals surface area contributed by atoms with Gasteiger partial charge >= 0.3 is 11.0 Å². The van der Waals surface area contributed by atoms with Crippen LogP contribution in [0.4, 0.5) is 0 Å². The first kappa shape index (κ1) is 17.6. The summed E-state index contributed by atoms with van der Waals surface area (Å²) < 4.78 is 12.4. The fourth-order valence-corrected chi connectivity index (χ4v) is 3.42. The van der Waals surface area contributed by atoms with E-state index in [1.165, 1.54) is 18.2 Å². The molecule has 0 atom stereocenters. The van der Waals surface area contributed by atoms with E-state index in [-0.39, 0.29) is 27.8 Å². The second kappa shape index (κ2) is 7.42. The Labute approximate surface area is 155 Å². The SMILES string of the molecule is [O-][n+]1c2cccc(OCCCN3CCOCC3)c2[n+]([O-])c2cccc(O)c21. The van der Waals surface area contributed by atoms with Crippen molar-refractivity contribution in [2.75, 3.05) is 39.5 Å². The highest BCUT2D eigenvalue weighted by Crippen LogP contribution is 2.25. The number of para-hydroxylation sites is 2. The lowest BCUT2D eigenvalue weighted by Gasteiger charge is -2.26. The zero-order valence-electron chi connectivity index (χ0n) is 14.8. The van der Waals surface area contributed by atoms with E-state index in [0.717, 1.165) is 39.3 Å². The van der Waals surface area contributed by atoms with Crippen LogP contribution < -0.4 is 14.2 Å². The summed E-state index contributed by atoms with van der Waals surface area (Å²) in [4.78, 5) is 2.31. The van der Waals surface area contributed by atoms with Crippen molar-refractivity contribution in [2.45, 2.75) is 6.42 Å². The standard InChI is InChI=1S/C19H21N3O5/c23-16-6-1-4-14-18(16)21(24)15-5-2-7-17(19(15)22(14)25)27-11-3-8-20-9-12-26-13-10-20/h1-2,4-7,23H,3,8-13H2. The second-order valence-electron chi connectivity index (χ2n) is 6.51. The maximum atomic E-state index is 12.8. The molecule has 8 heteroatoms. The number of rotatable bonds is 5. The van der Waals surface area contributed by atoms with E-state index in [4.69, 9.17) is 9.47 Å². The molecule has 142 valence electrons. The minimum atomic E-state index is -0.231. The Morgan fingerprint density at radius 3 is 2.44 bits per heavy atom. The number of phenolic OH excluding ortho intramolecular Hbond substituents is 1. The Kier molecular flexibility index (Phi) is 4.83. The van der Waals surface area contributed by atoms with Crippen molar-refractivity contribution in [2.24, 2.45) is 0 Å². The van der Waals surface area contributed by atoms with Gasteiger partial charge in [-0.15, -0.1) is 0 Å². The van der Waals surface area contributed by atoms with Gasteiger partial charge in [-0.2, -0.15) is 9.46 Å². The average Bonchev–Trinajstić information content (AvgIpc) is 2.70. The van der Waals surface area contributed by atoms with Gasteiger partial charge in [0.1, 0.15) is 0 Å². The fraction of sp³-hybridized carbons (Fsp3) is 0.368. The number of benzene rings is 2. The number of morpholine rings is 1. The molecule has 0 amide bonds. The van der Waals surface area contributed by atoms with Crippen molar-refractivity contribution in [1.82, 2.24) is 4.90 Å². The highest BCUT2D eigenvalue weighted by atomic mass is 16.5. The van der Waals surface area contributed by atoms with E-state index in [1.54, 1.807) is 18.2 Å². The average molecular weight is 371 g/mol. The summed E-state index contributed by atoms with van der Waals surface area (Å²) in [5, 5.41) is 35.5. The van der Waals surface area contributed by atoms with Gasteiger partial charge in [-0.1, -0.05) is 12.1 Å². The molecule has 1 aliphatic heterocycles. The van der Waals surface area contributed by atoms with E-state index in [9.17, 15) is 15.5 Å². The molecule has 2 aromatic carbocycles. The summed E-state index contributed by atoms with van der Waals surface area (Å²) in [6, 6.07) is 9.31. The Balaban J connectivity index is 1.60. The molecule has 0 saturated carbocycles. The summed E-state index contributed by atoms with van der Waals surface area (Å²) >= 11 is 0. The molecular formula is C19H21N3O5. The van der Waals surface area contributed by atoms with E-state index in [0.29, 0.717) is 21.8 Å². The molecular weight excluding hydrogens is 350 g/mol. The van der Waals surface area contributed by atoms with Gasteiger partial charge in [0.15, 0.2) is 11.5 Å². The van der Waals surface area contributed by atoms with Gasteiger partial charge in [-0.25, -0.2) is 0 Å².